The molecular formula is C40H48N2O4S. The Labute approximate surface area is 283 Å². The number of benzene rings is 3. The van der Waals surface area contributed by atoms with E-state index < -0.39 is 0 Å². The fraction of sp³-hybridized carbons (Fsp3) is 0.475. The Morgan fingerprint density at radius 2 is 1.45 bits per heavy atom. The maximum Gasteiger partial charge on any atom is 0.195 e. The third-order valence-corrected chi connectivity index (χ3v) is 11.5. The molecule has 3 heterocycles. The van der Waals surface area contributed by atoms with Gasteiger partial charge >= 0.3 is 0 Å². The van der Waals surface area contributed by atoms with E-state index in [-0.39, 0.29) is 11.9 Å². The van der Waals surface area contributed by atoms with E-state index in [4.69, 9.17) is 14.2 Å². The van der Waals surface area contributed by atoms with E-state index in [2.05, 4.69) is 21.9 Å². The van der Waals surface area contributed by atoms with Crippen LogP contribution in [0.15, 0.2) is 66.7 Å². The van der Waals surface area contributed by atoms with Gasteiger partial charge in [0, 0.05) is 38.7 Å². The second kappa shape index (κ2) is 15.2. The van der Waals surface area contributed by atoms with E-state index >= 15 is 0 Å². The molecule has 1 aromatic heterocycles. The van der Waals surface area contributed by atoms with Crippen molar-refractivity contribution in [3.05, 3.63) is 77.9 Å². The van der Waals surface area contributed by atoms with Crippen molar-refractivity contribution in [3.63, 3.8) is 0 Å². The quantitative estimate of drug-likeness (QED) is 0.151. The van der Waals surface area contributed by atoms with E-state index in [1.165, 1.54) is 84.0 Å². The molecule has 3 fully saturated rings. The zero-order valence-corrected chi connectivity index (χ0v) is 28.6. The Hall–Kier alpha value is -3.39. The lowest BCUT2D eigenvalue weighted by Crippen LogP contribution is -2.48. The number of nitrogens with zero attached hydrogens (tertiary/aromatic N) is 2. The highest BCUT2D eigenvalue weighted by Gasteiger charge is 2.32. The second-order valence-electron chi connectivity index (χ2n) is 13.4. The summed E-state index contributed by atoms with van der Waals surface area (Å²) in [6.07, 6.45) is 12.9. The number of ketones is 1. The highest BCUT2D eigenvalue weighted by Crippen LogP contribution is 2.42. The minimum atomic E-state index is 0.0222. The van der Waals surface area contributed by atoms with Gasteiger partial charge in [-0.2, -0.15) is 0 Å². The molecule has 0 N–H and O–H groups in total. The van der Waals surface area contributed by atoms with Crippen LogP contribution in [0.5, 0.6) is 17.2 Å². The van der Waals surface area contributed by atoms with Gasteiger partial charge < -0.3 is 14.2 Å². The summed E-state index contributed by atoms with van der Waals surface area (Å²) in [5.74, 6) is 2.52. The molecule has 0 bridgehead atoms. The second-order valence-corrected chi connectivity index (χ2v) is 14.5. The van der Waals surface area contributed by atoms with Crippen molar-refractivity contribution in [1.29, 1.82) is 0 Å². The molecule has 1 aliphatic carbocycles. The van der Waals surface area contributed by atoms with Gasteiger partial charge in [-0.15, -0.1) is 11.3 Å². The van der Waals surface area contributed by atoms with Gasteiger partial charge in [-0.05, 0) is 143 Å². The van der Waals surface area contributed by atoms with Gasteiger partial charge in [-0.1, -0.05) is 19.3 Å². The van der Waals surface area contributed by atoms with Crippen LogP contribution < -0.4 is 14.2 Å². The first kappa shape index (κ1) is 32.2. The number of thiophene rings is 1. The lowest BCUT2D eigenvalue weighted by Gasteiger charge is -2.39. The van der Waals surface area contributed by atoms with Gasteiger partial charge in [0.2, 0.25) is 0 Å². The number of hydrogen-bond acceptors (Lipinski definition) is 7. The van der Waals surface area contributed by atoms with E-state index in [0.717, 1.165) is 56.3 Å². The van der Waals surface area contributed by atoms with Crippen LogP contribution in [0.1, 0.15) is 80.1 Å². The van der Waals surface area contributed by atoms with Crippen molar-refractivity contribution in [1.82, 2.24) is 9.80 Å². The highest BCUT2D eigenvalue weighted by molar-refractivity contribution is 7.22. The summed E-state index contributed by atoms with van der Waals surface area (Å²) in [7, 11) is 1.68. The minimum Gasteiger partial charge on any atom is -0.497 e. The molecule has 47 heavy (non-hydrogen) atoms. The third kappa shape index (κ3) is 7.53. The standard InChI is InChI=1S/C40H48N2O4S/c1-44-33-20-21-34-37(28-33)47-40(30-14-16-31(17-15-30)45-27-26-41-22-8-9-23-41)38(34)39(43)29-12-18-32(19-13-29)46-36-11-5-4-10-35(36)42-24-6-2-3-7-25-42/h12-21,28,35-36H,2-11,22-27H2,1H3. The topological polar surface area (TPSA) is 51.2 Å². The summed E-state index contributed by atoms with van der Waals surface area (Å²) in [4.78, 5) is 20.4. The average Bonchev–Trinajstić information content (AvgIpc) is 3.68. The predicted octanol–water partition coefficient (Wildman–Crippen LogP) is 8.85. The number of ether oxygens (including phenoxy) is 3. The number of fused-ring (bicyclic) bond motifs is 1. The molecule has 2 unspecified atom stereocenters. The largest absolute Gasteiger partial charge is 0.497 e. The van der Waals surface area contributed by atoms with Crippen LogP contribution in [0.25, 0.3) is 20.5 Å². The lowest BCUT2D eigenvalue weighted by molar-refractivity contribution is 0.0375. The molecule has 2 saturated heterocycles. The lowest BCUT2D eigenvalue weighted by atomic mass is 9.91. The molecule has 4 aromatic rings. The van der Waals surface area contributed by atoms with Crippen molar-refractivity contribution >= 4 is 27.2 Å². The summed E-state index contributed by atoms with van der Waals surface area (Å²) in [6.45, 7) is 6.37. The van der Waals surface area contributed by atoms with Gasteiger partial charge in [0.25, 0.3) is 0 Å². The Morgan fingerprint density at radius 3 is 2.19 bits per heavy atom. The van der Waals surface area contributed by atoms with Gasteiger partial charge in [-0.3, -0.25) is 14.6 Å². The van der Waals surface area contributed by atoms with E-state index in [1.54, 1.807) is 18.4 Å². The molecule has 3 aromatic carbocycles. The first-order valence-electron chi connectivity index (χ1n) is 17.8. The van der Waals surface area contributed by atoms with Crippen molar-refractivity contribution in [2.75, 3.05) is 46.4 Å². The number of rotatable bonds is 11. The summed E-state index contributed by atoms with van der Waals surface area (Å²) < 4.78 is 19.3. The molecule has 0 spiro atoms. The van der Waals surface area contributed by atoms with Gasteiger partial charge in [0.05, 0.1) is 7.11 Å². The van der Waals surface area contributed by atoms with E-state index in [0.29, 0.717) is 18.2 Å². The van der Waals surface area contributed by atoms with Crippen LogP contribution >= 0.6 is 11.3 Å². The van der Waals surface area contributed by atoms with Crippen LogP contribution in [0.3, 0.4) is 0 Å². The molecule has 3 aliphatic rings. The SMILES string of the molecule is COc1ccc2c(C(=O)c3ccc(OC4CCCCC4N4CCCCCC4)cc3)c(-c3ccc(OCCN4CCCC4)cc3)sc2c1. The summed E-state index contributed by atoms with van der Waals surface area (Å²) in [5, 5.41) is 0.949. The van der Waals surface area contributed by atoms with Gasteiger partial charge in [0.15, 0.2) is 5.78 Å². The Kier molecular flexibility index (Phi) is 10.4. The van der Waals surface area contributed by atoms with E-state index in [1.807, 2.05) is 54.6 Å². The minimum absolute atomic E-state index is 0.0222. The fourth-order valence-electron chi connectivity index (χ4n) is 7.70. The normalized spacial score (nSPS) is 21.0. The molecule has 7 heteroatoms. The first-order chi connectivity index (χ1) is 23.2. The summed E-state index contributed by atoms with van der Waals surface area (Å²) >= 11 is 1.63. The van der Waals surface area contributed by atoms with E-state index in [9.17, 15) is 4.79 Å². The molecule has 2 atom stereocenters. The molecule has 248 valence electrons. The number of carbonyl (C=O) groups is 1. The fourth-order valence-corrected chi connectivity index (χ4v) is 8.93. The van der Waals surface area contributed by atoms with Crippen molar-refractivity contribution in [3.8, 4) is 27.7 Å². The molecule has 2 aliphatic heterocycles. The Morgan fingerprint density at radius 1 is 0.766 bits per heavy atom. The highest BCUT2D eigenvalue weighted by atomic mass is 32.1. The molecule has 0 radical (unpaired) electrons. The third-order valence-electron chi connectivity index (χ3n) is 10.3. The number of hydrogen-bond donors (Lipinski definition) is 0. The maximum atomic E-state index is 14.3. The molecule has 1 saturated carbocycles. The Bertz CT molecular complexity index is 1620. The molecular weight excluding hydrogens is 605 g/mol. The van der Waals surface area contributed by atoms with Crippen LogP contribution in [0.2, 0.25) is 0 Å². The number of likely N-dealkylation sites (tertiary alicyclic amines) is 2. The van der Waals surface area contributed by atoms with Crippen molar-refractivity contribution < 1.29 is 19.0 Å². The molecule has 7 rings (SSSR count). The van der Waals surface area contributed by atoms with Gasteiger partial charge in [-0.25, -0.2) is 0 Å². The molecule has 6 nitrogen and oxygen atoms in total. The summed E-state index contributed by atoms with van der Waals surface area (Å²) in [6, 6.07) is 22.5. The smallest absolute Gasteiger partial charge is 0.195 e. The van der Waals surface area contributed by atoms with Crippen LogP contribution in [0, 0.1) is 0 Å². The number of carbonyl (C=O) groups excluding carboxylic acids is 1. The molecule has 0 amide bonds. The predicted molar refractivity (Wildman–Crippen MR) is 192 cm³/mol. The van der Waals surface area contributed by atoms with Crippen LogP contribution in [-0.4, -0.2) is 74.2 Å². The summed E-state index contributed by atoms with van der Waals surface area (Å²) in [5.41, 5.74) is 2.42. The zero-order valence-electron chi connectivity index (χ0n) is 27.8. The van der Waals surface area contributed by atoms with Crippen molar-refractivity contribution in [2.24, 2.45) is 0 Å². The average molecular weight is 653 g/mol. The maximum absolute atomic E-state index is 14.3. The first-order valence-corrected chi connectivity index (χ1v) is 18.6. The van der Waals surface area contributed by atoms with Gasteiger partial charge in [0.1, 0.15) is 30.0 Å². The van der Waals surface area contributed by atoms with Crippen molar-refractivity contribution in [2.45, 2.75) is 76.4 Å². The zero-order chi connectivity index (χ0) is 32.0. The van der Waals surface area contributed by atoms with Crippen LogP contribution in [-0.2, 0) is 0 Å². The Balaban J connectivity index is 1.10. The number of methoxy groups -OCH3 is 1. The van der Waals surface area contributed by atoms with Crippen LogP contribution in [0.4, 0.5) is 0 Å². The monoisotopic (exact) mass is 652 g/mol.